The van der Waals surface area contributed by atoms with Gasteiger partial charge in [0.1, 0.15) is 0 Å². The molecule has 0 heterocycles. The predicted octanol–water partition coefficient (Wildman–Crippen LogP) is 1.68. The average Bonchev–Trinajstić information content (AvgIpc) is 2.43. The summed E-state index contributed by atoms with van der Waals surface area (Å²) in [7, 11) is 1.25. The number of nitro benzene ring substituents is 1. The smallest absolute Gasteiger partial charge is 0.313 e. The number of rotatable bonds is 7. The van der Waals surface area contributed by atoms with Crippen molar-refractivity contribution in [2.75, 3.05) is 25.5 Å². The van der Waals surface area contributed by atoms with E-state index in [9.17, 15) is 19.3 Å². The average molecular weight is 285 g/mol. The van der Waals surface area contributed by atoms with Crippen LogP contribution < -0.4 is 15.4 Å². The highest BCUT2D eigenvalue weighted by Crippen LogP contribution is 2.32. The minimum absolute atomic E-state index is 0.0286. The molecule has 0 spiro atoms. The summed E-state index contributed by atoms with van der Waals surface area (Å²) in [6.45, 7) is 2.32. The number of nitrogens with one attached hydrogen (secondary N) is 2. The monoisotopic (exact) mass is 285 g/mol. The van der Waals surface area contributed by atoms with Gasteiger partial charge in [-0.05, 0) is 6.42 Å². The lowest BCUT2D eigenvalue weighted by atomic mass is 10.2. The van der Waals surface area contributed by atoms with Gasteiger partial charge in [-0.25, -0.2) is 4.39 Å². The second kappa shape index (κ2) is 7.27. The molecule has 0 aliphatic rings. The van der Waals surface area contributed by atoms with Crippen molar-refractivity contribution in [3.63, 3.8) is 0 Å². The molecule has 0 atom stereocenters. The molecule has 0 aromatic heterocycles. The van der Waals surface area contributed by atoms with Crippen molar-refractivity contribution in [1.29, 1.82) is 0 Å². The molecule has 0 aliphatic heterocycles. The highest BCUT2D eigenvalue weighted by Gasteiger charge is 2.19. The molecule has 0 fully saturated rings. The number of ether oxygens (including phenoxy) is 1. The van der Waals surface area contributed by atoms with Crippen LogP contribution in [0.15, 0.2) is 12.1 Å². The van der Waals surface area contributed by atoms with E-state index < -0.39 is 16.4 Å². The van der Waals surface area contributed by atoms with Gasteiger partial charge in [-0.2, -0.15) is 0 Å². The highest BCUT2D eigenvalue weighted by molar-refractivity contribution is 5.80. The van der Waals surface area contributed by atoms with Crippen LogP contribution in [0.25, 0.3) is 0 Å². The van der Waals surface area contributed by atoms with Crippen LogP contribution in [0.3, 0.4) is 0 Å². The van der Waals surface area contributed by atoms with Crippen LogP contribution in [0.1, 0.15) is 13.3 Å². The molecule has 0 bridgehead atoms. The lowest BCUT2D eigenvalue weighted by Gasteiger charge is -2.10. The number of nitro groups is 1. The third-order valence-corrected chi connectivity index (χ3v) is 2.48. The molecule has 7 nitrogen and oxygen atoms in total. The Morgan fingerprint density at radius 2 is 2.20 bits per heavy atom. The Hall–Kier alpha value is -2.38. The topological polar surface area (TPSA) is 93.5 Å². The summed E-state index contributed by atoms with van der Waals surface area (Å²) in [5.74, 6) is -1.18. The number of nitrogens with zero attached hydrogens (tertiary/aromatic N) is 1. The van der Waals surface area contributed by atoms with E-state index >= 15 is 0 Å². The number of benzene rings is 1. The third kappa shape index (κ3) is 4.08. The lowest BCUT2D eigenvalue weighted by molar-refractivity contribution is -0.385. The van der Waals surface area contributed by atoms with Crippen molar-refractivity contribution in [3.05, 3.63) is 28.1 Å². The first-order valence-corrected chi connectivity index (χ1v) is 6.02. The summed E-state index contributed by atoms with van der Waals surface area (Å²) in [6.07, 6.45) is 0.797. The van der Waals surface area contributed by atoms with Gasteiger partial charge in [0.05, 0.1) is 30.3 Å². The quantitative estimate of drug-likeness (QED) is 0.587. The molecule has 1 rings (SSSR count). The van der Waals surface area contributed by atoms with Crippen molar-refractivity contribution in [2.24, 2.45) is 0 Å². The Morgan fingerprint density at radius 1 is 1.50 bits per heavy atom. The van der Waals surface area contributed by atoms with E-state index in [2.05, 4.69) is 10.6 Å². The van der Waals surface area contributed by atoms with Crippen molar-refractivity contribution < 1.29 is 18.8 Å². The SMILES string of the molecule is CCCNC(=O)CNc1cc(OC)c([N+](=O)[O-])cc1F. The van der Waals surface area contributed by atoms with Crippen LogP contribution in [0.2, 0.25) is 0 Å². The number of methoxy groups -OCH3 is 1. The summed E-state index contributed by atoms with van der Waals surface area (Å²) >= 11 is 0. The zero-order valence-corrected chi connectivity index (χ0v) is 11.2. The maximum absolute atomic E-state index is 13.7. The zero-order valence-electron chi connectivity index (χ0n) is 11.2. The van der Waals surface area contributed by atoms with Crippen LogP contribution in [-0.4, -0.2) is 31.0 Å². The summed E-state index contributed by atoms with van der Waals surface area (Å²) in [5, 5.41) is 15.9. The number of carbonyl (C=O) groups excluding carboxylic acids is 1. The van der Waals surface area contributed by atoms with Gasteiger partial charge in [0, 0.05) is 12.6 Å². The fourth-order valence-electron chi connectivity index (χ4n) is 1.49. The van der Waals surface area contributed by atoms with Gasteiger partial charge < -0.3 is 15.4 Å². The minimum Gasteiger partial charge on any atom is -0.490 e. The summed E-state index contributed by atoms with van der Waals surface area (Å²) in [6, 6.07) is 1.91. The van der Waals surface area contributed by atoms with E-state index in [0.29, 0.717) is 6.54 Å². The second-order valence-electron chi connectivity index (χ2n) is 3.96. The van der Waals surface area contributed by atoms with E-state index in [1.54, 1.807) is 0 Å². The molecule has 0 unspecified atom stereocenters. The molecule has 1 aromatic rings. The molecule has 110 valence electrons. The van der Waals surface area contributed by atoms with Gasteiger partial charge in [-0.15, -0.1) is 0 Å². The van der Waals surface area contributed by atoms with E-state index in [4.69, 9.17) is 4.74 Å². The van der Waals surface area contributed by atoms with E-state index in [1.165, 1.54) is 7.11 Å². The first-order chi connectivity index (χ1) is 9.49. The number of hydrogen-bond acceptors (Lipinski definition) is 5. The molecule has 0 saturated carbocycles. The lowest BCUT2D eigenvalue weighted by Crippen LogP contribution is -2.30. The van der Waals surface area contributed by atoms with Gasteiger partial charge in [0.25, 0.3) is 0 Å². The van der Waals surface area contributed by atoms with Crippen LogP contribution in [0, 0.1) is 15.9 Å². The van der Waals surface area contributed by atoms with Crippen molar-refractivity contribution in [3.8, 4) is 5.75 Å². The second-order valence-corrected chi connectivity index (χ2v) is 3.96. The Balaban J connectivity index is 2.81. The van der Waals surface area contributed by atoms with E-state index in [-0.39, 0.29) is 23.9 Å². The number of anilines is 1. The van der Waals surface area contributed by atoms with E-state index in [0.717, 1.165) is 18.6 Å². The summed E-state index contributed by atoms with van der Waals surface area (Å²) < 4.78 is 18.5. The van der Waals surface area contributed by atoms with Gasteiger partial charge in [0.15, 0.2) is 11.6 Å². The van der Waals surface area contributed by atoms with Crippen molar-refractivity contribution >= 4 is 17.3 Å². The molecule has 0 aliphatic carbocycles. The van der Waals surface area contributed by atoms with Gasteiger partial charge >= 0.3 is 5.69 Å². The Kier molecular flexibility index (Phi) is 5.70. The fourth-order valence-corrected chi connectivity index (χ4v) is 1.49. The van der Waals surface area contributed by atoms with Crippen molar-refractivity contribution in [1.82, 2.24) is 5.32 Å². The fraction of sp³-hybridized carbons (Fsp3) is 0.417. The zero-order chi connectivity index (χ0) is 15.1. The van der Waals surface area contributed by atoms with E-state index in [1.807, 2.05) is 6.92 Å². The summed E-state index contributed by atoms with van der Waals surface area (Å²) in [4.78, 5) is 21.3. The van der Waals surface area contributed by atoms with Crippen LogP contribution in [0.5, 0.6) is 5.75 Å². The Morgan fingerprint density at radius 3 is 2.75 bits per heavy atom. The number of hydrogen-bond donors (Lipinski definition) is 2. The first-order valence-electron chi connectivity index (χ1n) is 6.02. The largest absolute Gasteiger partial charge is 0.490 e. The molecule has 0 radical (unpaired) electrons. The maximum Gasteiger partial charge on any atom is 0.313 e. The summed E-state index contributed by atoms with van der Waals surface area (Å²) in [5.41, 5.74) is -0.495. The predicted molar refractivity (Wildman–Crippen MR) is 71.4 cm³/mol. The van der Waals surface area contributed by atoms with Gasteiger partial charge in [0.2, 0.25) is 5.91 Å². The minimum atomic E-state index is -0.819. The standard InChI is InChI=1S/C12H16FN3O4/c1-3-4-14-12(17)7-15-9-6-11(20-2)10(16(18)19)5-8(9)13/h5-6,15H,3-4,7H2,1-2H3,(H,14,17). The number of amides is 1. The normalized spacial score (nSPS) is 9.95. The molecule has 8 heteroatoms. The molecule has 0 saturated heterocycles. The molecule has 1 aromatic carbocycles. The van der Waals surface area contributed by atoms with Crippen molar-refractivity contribution in [2.45, 2.75) is 13.3 Å². The van der Waals surface area contributed by atoms with Gasteiger partial charge in [-0.1, -0.05) is 6.92 Å². The molecular formula is C12H16FN3O4. The maximum atomic E-state index is 13.7. The first kappa shape index (κ1) is 15.7. The number of halogens is 1. The van der Waals surface area contributed by atoms with Crippen LogP contribution >= 0.6 is 0 Å². The Labute approximate surface area is 115 Å². The van der Waals surface area contributed by atoms with Crippen LogP contribution in [0.4, 0.5) is 15.8 Å². The Bertz CT molecular complexity index is 508. The molecular weight excluding hydrogens is 269 g/mol. The highest BCUT2D eigenvalue weighted by atomic mass is 19.1. The van der Waals surface area contributed by atoms with Crippen LogP contribution in [-0.2, 0) is 4.79 Å². The molecule has 2 N–H and O–H groups in total. The molecule has 20 heavy (non-hydrogen) atoms. The van der Waals surface area contributed by atoms with Gasteiger partial charge in [-0.3, -0.25) is 14.9 Å². The third-order valence-electron chi connectivity index (χ3n) is 2.48. The molecule has 1 amide bonds. The number of carbonyl (C=O) groups is 1.